The first-order chi connectivity index (χ1) is 9.38. The molecule has 0 aliphatic carbocycles. The van der Waals surface area contributed by atoms with Crippen molar-refractivity contribution in [3.05, 3.63) is 63.1 Å². The van der Waals surface area contributed by atoms with Crippen molar-refractivity contribution < 1.29 is 0 Å². The van der Waals surface area contributed by atoms with Crippen molar-refractivity contribution in [1.82, 2.24) is 0 Å². The van der Waals surface area contributed by atoms with Gasteiger partial charge in [0.1, 0.15) is 0 Å². The fraction of sp³-hybridized carbons (Fsp3) is 0.294. The molecule has 3 heteroatoms. The minimum absolute atomic E-state index is 0.118. The first kappa shape index (κ1) is 15.4. The molecule has 0 unspecified atom stereocenters. The van der Waals surface area contributed by atoms with Gasteiger partial charge in [0.25, 0.3) is 0 Å². The second-order valence-electron chi connectivity index (χ2n) is 5.88. The summed E-state index contributed by atoms with van der Waals surface area (Å²) in [6.07, 6.45) is 0. The van der Waals surface area contributed by atoms with E-state index >= 15 is 0 Å². The van der Waals surface area contributed by atoms with Gasteiger partial charge in [0.2, 0.25) is 0 Å². The first-order valence-electron chi connectivity index (χ1n) is 6.65. The summed E-state index contributed by atoms with van der Waals surface area (Å²) in [7, 11) is 0. The van der Waals surface area contributed by atoms with Crippen LogP contribution in [-0.4, -0.2) is 0 Å². The Morgan fingerprint density at radius 1 is 1.10 bits per heavy atom. The van der Waals surface area contributed by atoms with Crippen LogP contribution in [0.4, 0.5) is 5.69 Å². The van der Waals surface area contributed by atoms with E-state index in [1.54, 1.807) is 0 Å². The molecule has 0 bridgehead atoms. The van der Waals surface area contributed by atoms with E-state index in [9.17, 15) is 0 Å². The fourth-order valence-corrected chi connectivity index (χ4v) is 2.89. The quantitative estimate of drug-likeness (QED) is 0.713. The summed E-state index contributed by atoms with van der Waals surface area (Å²) < 4.78 is 1.00. The van der Waals surface area contributed by atoms with Crippen LogP contribution in [0.1, 0.15) is 31.9 Å². The van der Waals surface area contributed by atoms with E-state index < -0.39 is 0 Å². The average Bonchev–Trinajstić information content (AvgIpc) is 2.37. The Kier molecular flexibility index (Phi) is 4.77. The molecule has 2 rings (SSSR count). The normalized spacial score (nSPS) is 11.4. The summed E-state index contributed by atoms with van der Waals surface area (Å²) in [5.74, 6) is 0. The Hall–Kier alpha value is -0.990. The van der Waals surface area contributed by atoms with Gasteiger partial charge in [-0.1, -0.05) is 72.6 Å². The number of anilines is 1. The lowest BCUT2D eigenvalue weighted by atomic mass is 9.86. The molecule has 0 aliphatic rings. The van der Waals surface area contributed by atoms with E-state index in [1.165, 1.54) is 11.3 Å². The second-order valence-corrected chi connectivity index (χ2v) is 7.21. The van der Waals surface area contributed by atoms with Gasteiger partial charge >= 0.3 is 0 Å². The highest BCUT2D eigenvalue weighted by Crippen LogP contribution is 2.30. The highest BCUT2D eigenvalue weighted by Gasteiger charge is 2.17. The van der Waals surface area contributed by atoms with Crippen LogP contribution >= 0.6 is 27.5 Å². The molecule has 2 aromatic carbocycles. The van der Waals surface area contributed by atoms with Crippen LogP contribution in [0.5, 0.6) is 0 Å². The lowest BCUT2D eigenvalue weighted by molar-refractivity contribution is 0.591. The summed E-state index contributed by atoms with van der Waals surface area (Å²) in [6, 6.07) is 14.4. The number of nitrogens with one attached hydrogen (secondary N) is 1. The molecule has 0 saturated heterocycles. The van der Waals surface area contributed by atoms with Gasteiger partial charge < -0.3 is 5.32 Å². The predicted octanol–water partition coefficient (Wildman–Crippen LogP) is 6.01. The Morgan fingerprint density at radius 2 is 1.80 bits per heavy atom. The van der Waals surface area contributed by atoms with Gasteiger partial charge in [0, 0.05) is 21.7 Å². The van der Waals surface area contributed by atoms with Crippen molar-refractivity contribution in [3.8, 4) is 0 Å². The van der Waals surface area contributed by atoms with Crippen molar-refractivity contribution >= 4 is 33.2 Å². The van der Waals surface area contributed by atoms with Crippen LogP contribution < -0.4 is 5.32 Å². The monoisotopic (exact) mass is 351 g/mol. The Bertz CT molecular complexity index is 602. The van der Waals surface area contributed by atoms with Crippen LogP contribution in [0, 0.1) is 0 Å². The zero-order valence-corrected chi connectivity index (χ0v) is 14.3. The van der Waals surface area contributed by atoms with Gasteiger partial charge in [-0.05, 0) is 34.7 Å². The minimum atomic E-state index is 0.118. The molecular formula is C17H19BrClN. The van der Waals surface area contributed by atoms with E-state index in [4.69, 9.17) is 11.6 Å². The molecule has 0 radical (unpaired) electrons. The van der Waals surface area contributed by atoms with Crippen LogP contribution in [0.25, 0.3) is 0 Å². The van der Waals surface area contributed by atoms with Crippen molar-refractivity contribution in [1.29, 1.82) is 0 Å². The van der Waals surface area contributed by atoms with Gasteiger partial charge in [0.15, 0.2) is 0 Å². The lowest BCUT2D eigenvalue weighted by Crippen LogP contribution is -2.14. The van der Waals surface area contributed by atoms with E-state index in [1.807, 2.05) is 18.2 Å². The highest BCUT2D eigenvalue weighted by molar-refractivity contribution is 9.10. The first-order valence-corrected chi connectivity index (χ1v) is 7.82. The molecule has 0 aromatic heterocycles. The molecule has 0 saturated carbocycles. The maximum atomic E-state index is 6.26. The molecule has 1 N–H and O–H groups in total. The molecule has 0 atom stereocenters. The van der Waals surface area contributed by atoms with Crippen molar-refractivity contribution in [2.24, 2.45) is 0 Å². The van der Waals surface area contributed by atoms with Gasteiger partial charge in [-0.15, -0.1) is 0 Å². The lowest BCUT2D eigenvalue weighted by Gasteiger charge is -2.23. The maximum absolute atomic E-state index is 6.26. The van der Waals surface area contributed by atoms with Crippen LogP contribution in [-0.2, 0) is 12.0 Å². The molecule has 0 spiro atoms. The molecule has 0 aliphatic heterocycles. The third-order valence-electron chi connectivity index (χ3n) is 3.22. The summed E-state index contributed by atoms with van der Waals surface area (Å²) >= 11 is 9.68. The van der Waals surface area contributed by atoms with E-state index in [0.29, 0.717) is 0 Å². The smallest absolute Gasteiger partial charge is 0.0467 e. The maximum Gasteiger partial charge on any atom is 0.0467 e. The number of benzene rings is 2. The van der Waals surface area contributed by atoms with E-state index in [2.05, 4.69) is 66.3 Å². The van der Waals surface area contributed by atoms with Crippen LogP contribution in [0.3, 0.4) is 0 Å². The zero-order chi connectivity index (χ0) is 14.8. The second kappa shape index (κ2) is 6.19. The Balaban J connectivity index is 2.19. The number of para-hydroxylation sites is 1. The van der Waals surface area contributed by atoms with Gasteiger partial charge in [-0.3, -0.25) is 0 Å². The Morgan fingerprint density at radius 3 is 2.45 bits per heavy atom. The third kappa shape index (κ3) is 3.77. The van der Waals surface area contributed by atoms with E-state index in [0.717, 1.165) is 21.6 Å². The topological polar surface area (TPSA) is 12.0 Å². The predicted molar refractivity (Wildman–Crippen MR) is 91.6 cm³/mol. The number of rotatable bonds is 3. The van der Waals surface area contributed by atoms with Gasteiger partial charge in [-0.25, -0.2) is 0 Å². The molecule has 106 valence electrons. The average molecular weight is 353 g/mol. The van der Waals surface area contributed by atoms with Gasteiger partial charge in [-0.2, -0.15) is 0 Å². The van der Waals surface area contributed by atoms with E-state index in [-0.39, 0.29) is 5.41 Å². The molecule has 0 heterocycles. The SMILES string of the molecule is CC(C)(C)c1ccccc1NCc1ccc(Br)cc1Cl. The summed E-state index contributed by atoms with van der Waals surface area (Å²) in [4.78, 5) is 0. The third-order valence-corrected chi connectivity index (χ3v) is 4.06. The van der Waals surface area contributed by atoms with Gasteiger partial charge in [0.05, 0.1) is 0 Å². The molecular weight excluding hydrogens is 334 g/mol. The van der Waals surface area contributed by atoms with Crippen LogP contribution in [0.15, 0.2) is 46.9 Å². The molecule has 2 aromatic rings. The van der Waals surface area contributed by atoms with Crippen molar-refractivity contribution in [2.45, 2.75) is 32.7 Å². The fourth-order valence-electron chi connectivity index (χ4n) is 2.15. The standard InChI is InChI=1S/C17H19BrClN/c1-17(2,3)14-6-4-5-7-16(14)20-11-12-8-9-13(18)10-15(12)19/h4-10,20H,11H2,1-3H3. The number of hydrogen-bond acceptors (Lipinski definition) is 1. The summed E-state index contributed by atoms with van der Waals surface area (Å²) in [6.45, 7) is 7.39. The van der Waals surface area contributed by atoms with Crippen molar-refractivity contribution in [3.63, 3.8) is 0 Å². The molecule has 0 amide bonds. The molecule has 1 nitrogen and oxygen atoms in total. The number of halogens is 2. The molecule has 20 heavy (non-hydrogen) atoms. The van der Waals surface area contributed by atoms with Crippen LogP contribution in [0.2, 0.25) is 5.02 Å². The summed E-state index contributed by atoms with van der Waals surface area (Å²) in [5, 5.41) is 4.27. The Labute approximate surface area is 134 Å². The largest absolute Gasteiger partial charge is 0.381 e. The molecule has 0 fully saturated rings. The van der Waals surface area contributed by atoms with Crippen molar-refractivity contribution in [2.75, 3.05) is 5.32 Å². The minimum Gasteiger partial charge on any atom is -0.381 e. The summed E-state index contributed by atoms with van der Waals surface area (Å²) in [5.41, 5.74) is 3.69. The zero-order valence-electron chi connectivity index (χ0n) is 12.0. The highest BCUT2D eigenvalue weighted by atomic mass is 79.9. The number of hydrogen-bond donors (Lipinski definition) is 1.